The van der Waals surface area contributed by atoms with Crippen molar-refractivity contribution in [3.05, 3.63) is 99.4 Å². The summed E-state index contributed by atoms with van der Waals surface area (Å²) in [5.74, 6) is -0.601. The Labute approximate surface area is 222 Å². The number of benzene rings is 3. The van der Waals surface area contributed by atoms with Crippen molar-refractivity contribution in [3.8, 4) is 11.3 Å². The van der Waals surface area contributed by atoms with Crippen LogP contribution in [0.5, 0.6) is 0 Å². The quantitative estimate of drug-likeness (QED) is 0.139. The first-order valence-electron chi connectivity index (χ1n) is 11.5. The second-order valence-electron chi connectivity index (χ2n) is 8.08. The van der Waals surface area contributed by atoms with Crippen LogP contribution < -0.4 is 10.6 Å². The van der Waals surface area contributed by atoms with E-state index in [9.17, 15) is 19.7 Å². The lowest BCUT2D eigenvalue weighted by Crippen LogP contribution is -2.24. The maximum atomic E-state index is 13.0. The van der Waals surface area contributed by atoms with Gasteiger partial charge in [0.1, 0.15) is 0 Å². The lowest BCUT2D eigenvalue weighted by atomic mass is 10.1. The average Bonchev–Trinajstić information content (AvgIpc) is 3.27. The number of carbonyl (C=O) groups excluding carboxylic acids is 2. The van der Waals surface area contributed by atoms with Crippen molar-refractivity contribution in [2.24, 2.45) is 0 Å². The van der Waals surface area contributed by atoms with Crippen molar-refractivity contribution < 1.29 is 14.5 Å². The molecule has 0 bridgehead atoms. The summed E-state index contributed by atoms with van der Waals surface area (Å²) in [7, 11) is 0. The van der Waals surface area contributed by atoms with Gasteiger partial charge in [-0.3, -0.25) is 19.7 Å². The average molecular weight is 533 g/mol. The zero-order chi connectivity index (χ0) is 26.4. The van der Waals surface area contributed by atoms with E-state index in [0.29, 0.717) is 17.2 Å². The Bertz CT molecular complexity index is 1440. The molecular formula is C27H24N4O4S2. The van der Waals surface area contributed by atoms with Crippen LogP contribution in [0.3, 0.4) is 0 Å². The standard InChI is InChI=1S/C27H24N4O4S2/c1-3-23(26(33)30-27-29-24(17(2)36-27)18-9-5-4-6-10-18)37-22-14-8-12-20(16-22)28-25(32)19-11-7-13-21(15-19)31(34)35/h4-16,23H,3H2,1-2H3,(H,28,32)(H,29,30,33). The molecule has 0 aliphatic rings. The molecule has 188 valence electrons. The number of nitro benzene ring substituents is 1. The number of nitro groups is 1. The molecule has 10 heteroatoms. The zero-order valence-corrected chi connectivity index (χ0v) is 21.8. The predicted molar refractivity (Wildman–Crippen MR) is 148 cm³/mol. The number of non-ortho nitro benzene ring substituents is 1. The van der Waals surface area contributed by atoms with Gasteiger partial charge in [-0.05, 0) is 37.6 Å². The topological polar surface area (TPSA) is 114 Å². The number of aromatic nitrogens is 1. The molecule has 37 heavy (non-hydrogen) atoms. The molecule has 2 N–H and O–H groups in total. The van der Waals surface area contributed by atoms with E-state index >= 15 is 0 Å². The number of thiazole rings is 1. The van der Waals surface area contributed by atoms with Crippen molar-refractivity contribution in [1.82, 2.24) is 4.98 Å². The number of aryl methyl sites for hydroxylation is 1. The van der Waals surface area contributed by atoms with Crippen LogP contribution >= 0.6 is 23.1 Å². The largest absolute Gasteiger partial charge is 0.322 e. The molecule has 1 aromatic heterocycles. The van der Waals surface area contributed by atoms with Crippen molar-refractivity contribution in [2.75, 3.05) is 10.6 Å². The Kier molecular flexibility index (Phi) is 8.32. The maximum absolute atomic E-state index is 13.0. The van der Waals surface area contributed by atoms with Gasteiger partial charge in [0, 0.05) is 38.7 Å². The number of hydrogen-bond donors (Lipinski definition) is 2. The van der Waals surface area contributed by atoms with Crippen LogP contribution in [0.1, 0.15) is 28.6 Å². The Morgan fingerprint density at radius 1 is 1.03 bits per heavy atom. The van der Waals surface area contributed by atoms with E-state index in [1.165, 1.54) is 47.4 Å². The molecule has 0 radical (unpaired) electrons. The minimum absolute atomic E-state index is 0.146. The van der Waals surface area contributed by atoms with Gasteiger partial charge in [-0.2, -0.15) is 0 Å². The summed E-state index contributed by atoms with van der Waals surface area (Å²) >= 11 is 2.83. The molecule has 2 amide bonds. The number of amides is 2. The summed E-state index contributed by atoms with van der Waals surface area (Å²) in [6.07, 6.45) is 0.594. The summed E-state index contributed by atoms with van der Waals surface area (Å²) in [6.45, 7) is 3.92. The van der Waals surface area contributed by atoms with Gasteiger partial charge < -0.3 is 10.6 Å². The Morgan fingerprint density at radius 2 is 1.78 bits per heavy atom. The smallest absolute Gasteiger partial charge is 0.270 e. The number of nitrogens with zero attached hydrogens (tertiary/aromatic N) is 2. The van der Waals surface area contributed by atoms with Gasteiger partial charge in [0.25, 0.3) is 11.6 Å². The highest BCUT2D eigenvalue weighted by Gasteiger charge is 2.21. The first-order chi connectivity index (χ1) is 17.8. The lowest BCUT2D eigenvalue weighted by Gasteiger charge is -2.14. The molecule has 0 spiro atoms. The van der Waals surface area contributed by atoms with E-state index in [-0.39, 0.29) is 22.4 Å². The fraction of sp³-hybridized carbons (Fsp3) is 0.148. The third kappa shape index (κ3) is 6.60. The maximum Gasteiger partial charge on any atom is 0.270 e. The summed E-state index contributed by atoms with van der Waals surface area (Å²) in [5.41, 5.74) is 2.42. The molecule has 0 saturated heterocycles. The van der Waals surface area contributed by atoms with Crippen molar-refractivity contribution in [2.45, 2.75) is 30.4 Å². The van der Waals surface area contributed by atoms with Gasteiger partial charge in [-0.15, -0.1) is 23.1 Å². The fourth-order valence-corrected chi connectivity index (χ4v) is 5.45. The summed E-state index contributed by atoms with van der Waals surface area (Å²) in [6, 6.07) is 22.5. The van der Waals surface area contributed by atoms with Crippen molar-refractivity contribution in [1.29, 1.82) is 0 Å². The first kappa shape index (κ1) is 26.1. The van der Waals surface area contributed by atoms with Crippen LogP contribution in [0.2, 0.25) is 0 Å². The fourth-order valence-electron chi connectivity index (χ4n) is 3.60. The Morgan fingerprint density at radius 3 is 2.51 bits per heavy atom. The molecule has 8 nitrogen and oxygen atoms in total. The van der Waals surface area contributed by atoms with E-state index in [1.807, 2.05) is 50.2 Å². The Hall–Kier alpha value is -4.02. The van der Waals surface area contributed by atoms with Crippen LogP contribution in [0.4, 0.5) is 16.5 Å². The van der Waals surface area contributed by atoms with Crippen molar-refractivity contribution in [3.63, 3.8) is 0 Å². The van der Waals surface area contributed by atoms with Gasteiger partial charge in [-0.25, -0.2) is 4.98 Å². The van der Waals surface area contributed by atoms with Gasteiger partial charge in [0.15, 0.2) is 5.13 Å². The molecular weight excluding hydrogens is 508 g/mol. The highest BCUT2D eigenvalue weighted by Crippen LogP contribution is 2.32. The molecule has 3 aromatic carbocycles. The minimum atomic E-state index is -0.542. The van der Waals surface area contributed by atoms with Gasteiger partial charge in [0.05, 0.1) is 15.9 Å². The van der Waals surface area contributed by atoms with Gasteiger partial charge in [0.2, 0.25) is 5.91 Å². The third-order valence-electron chi connectivity index (χ3n) is 5.43. The Balaban J connectivity index is 1.42. The molecule has 1 atom stereocenters. The van der Waals surface area contributed by atoms with Crippen LogP contribution in [0, 0.1) is 17.0 Å². The first-order valence-corrected chi connectivity index (χ1v) is 13.2. The van der Waals surface area contributed by atoms with Crippen molar-refractivity contribution >= 4 is 51.4 Å². The molecule has 0 saturated carbocycles. The van der Waals surface area contributed by atoms with E-state index in [0.717, 1.165) is 21.0 Å². The van der Waals surface area contributed by atoms with Crippen LogP contribution in [0.15, 0.2) is 83.8 Å². The van der Waals surface area contributed by atoms with E-state index < -0.39 is 10.8 Å². The second-order valence-corrected chi connectivity index (χ2v) is 10.6. The highest BCUT2D eigenvalue weighted by atomic mass is 32.2. The van der Waals surface area contributed by atoms with Crippen LogP contribution in [-0.4, -0.2) is 27.0 Å². The number of carbonyl (C=O) groups is 2. The zero-order valence-electron chi connectivity index (χ0n) is 20.1. The molecule has 1 unspecified atom stereocenters. The molecule has 0 aliphatic heterocycles. The second kappa shape index (κ2) is 11.8. The number of anilines is 2. The van der Waals surface area contributed by atoms with Gasteiger partial charge >= 0.3 is 0 Å². The molecule has 4 rings (SSSR count). The highest BCUT2D eigenvalue weighted by molar-refractivity contribution is 8.00. The summed E-state index contributed by atoms with van der Waals surface area (Å²) < 4.78 is 0. The minimum Gasteiger partial charge on any atom is -0.322 e. The third-order valence-corrected chi connectivity index (χ3v) is 7.67. The van der Waals surface area contributed by atoms with Crippen LogP contribution in [0.25, 0.3) is 11.3 Å². The number of rotatable bonds is 9. The SMILES string of the molecule is CCC(Sc1cccc(NC(=O)c2cccc([N+](=O)[O-])c2)c1)C(=O)Nc1nc(-c2ccccc2)c(C)s1. The molecule has 0 aliphatic carbocycles. The normalized spacial score (nSPS) is 11.5. The van der Waals surface area contributed by atoms with E-state index in [1.54, 1.807) is 18.2 Å². The monoisotopic (exact) mass is 532 g/mol. The molecule has 4 aromatic rings. The van der Waals surface area contributed by atoms with E-state index in [4.69, 9.17) is 0 Å². The van der Waals surface area contributed by atoms with Gasteiger partial charge in [-0.1, -0.05) is 49.4 Å². The summed E-state index contributed by atoms with van der Waals surface area (Å²) in [4.78, 5) is 42.6. The number of nitrogens with one attached hydrogen (secondary N) is 2. The van der Waals surface area contributed by atoms with Crippen LogP contribution in [-0.2, 0) is 4.79 Å². The molecule has 0 fully saturated rings. The predicted octanol–water partition coefficient (Wildman–Crippen LogP) is 6.79. The lowest BCUT2D eigenvalue weighted by molar-refractivity contribution is -0.384. The number of hydrogen-bond acceptors (Lipinski definition) is 7. The molecule has 1 heterocycles. The summed E-state index contributed by atoms with van der Waals surface area (Å²) in [5, 5.41) is 16.9. The van der Waals surface area contributed by atoms with E-state index in [2.05, 4.69) is 15.6 Å². The number of thioether (sulfide) groups is 1.